The Kier molecular flexibility index (Phi) is 6.16. The predicted molar refractivity (Wildman–Crippen MR) is 103 cm³/mol. The van der Waals surface area contributed by atoms with Crippen LogP contribution in [0, 0.1) is 5.92 Å². The zero-order chi connectivity index (χ0) is 21.3. The Morgan fingerprint density at radius 2 is 2.00 bits per heavy atom. The maximum absolute atomic E-state index is 13.0. The summed E-state index contributed by atoms with van der Waals surface area (Å²) in [7, 11) is 0. The number of aliphatic hydroxyl groups excluding tert-OH is 1. The first-order valence-corrected chi connectivity index (χ1v) is 9.42. The summed E-state index contributed by atoms with van der Waals surface area (Å²) in [5.74, 6) is 0.505. The largest absolute Gasteiger partial charge is 0.417 e. The van der Waals surface area contributed by atoms with Crippen LogP contribution in [0.4, 0.5) is 19.0 Å². The van der Waals surface area contributed by atoms with Gasteiger partial charge in [0.05, 0.1) is 34.5 Å². The minimum absolute atomic E-state index is 0.00194. The number of pyridine rings is 1. The Hall–Kier alpha value is -2.17. The number of nitrogens with zero attached hydrogens (tertiary/aromatic N) is 5. The van der Waals surface area contributed by atoms with Crippen LogP contribution in [0.3, 0.4) is 0 Å². The van der Waals surface area contributed by atoms with Gasteiger partial charge in [-0.15, -0.1) is 0 Å². The minimum Gasteiger partial charge on any atom is -0.394 e. The highest BCUT2D eigenvalue weighted by atomic mass is 35.5. The molecule has 0 aromatic carbocycles. The summed E-state index contributed by atoms with van der Waals surface area (Å²) >= 11 is 12.5. The number of alkyl halides is 3. The zero-order valence-corrected chi connectivity index (χ0v) is 16.9. The minimum atomic E-state index is -4.59. The molecule has 2 atom stereocenters. The molecule has 0 bridgehead atoms. The first kappa shape index (κ1) is 21.5. The number of rotatable bonds is 6. The number of hydrogen-bond acceptors (Lipinski definition) is 6. The third-order valence-corrected chi connectivity index (χ3v) is 5.20. The molecule has 12 heteroatoms. The van der Waals surface area contributed by atoms with Gasteiger partial charge in [0.25, 0.3) is 5.78 Å². The van der Waals surface area contributed by atoms with Crippen molar-refractivity contribution < 1.29 is 18.3 Å². The molecule has 3 heterocycles. The van der Waals surface area contributed by atoms with E-state index in [-0.39, 0.29) is 45.6 Å². The molecule has 0 radical (unpaired) electrons. The summed E-state index contributed by atoms with van der Waals surface area (Å²) in [6, 6.07) is 0.381. The van der Waals surface area contributed by atoms with E-state index in [0.29, 0.717) is 6.20 Å². The van der Waals surface area contributed by atoms with Gasteiger partial charge in [-0.05, 0) is 12.0 Å². The molecule has 0 fully saturated rings. The molecule has 156 valence electrons. The van der Waals surface area contributed by atoms with E-state index in [1.807, 2.05) is 13.8 Å². The van der Waals surface area contributed by atoms with E-state index in [1.165, 1.54) is 10.8 Å². The van der Waals surface area contributed by atoms with E-state index in [4.69, 9.17) is 23.2 Å². The van der Waals surface area contributed by atoms with E-state index in [0.717, 1.165) is 12.5 Å². The summed E-state index contributed by atoms with van der Waals surface area (Å²) in [4.78, 5) is 12.0. The van der Waals surface area contributed by atoms with Gasteiger partial charge in [0, 0.05) is 6.20 Å². The molecular weight excluding hydrogens is 432 g/mol. The van der Waals surface area contributed by atoms with Gasteiger partial charge in [-0.25, -0.2) is 0 Å². The van der Waals surface area contributed by atoms with Gasteiger partial charge in [-0.1, -0.05) is 43.5 Å². The lowest BCUT2D eigenvalue weighted by atomic mass is 9.99. The molecule has 2 N–H and O–H groups in total. The summed E-state index contributed by atoms with van der Waals surface area (Å²) in [6.45, 7) is 3.71. The van der Waals surface area contributed by atoms with Crippen LogP contribution in [0.25, 0.3) is 17.0 Å². The summed E-state index contributed by atoms with van der Waals surface area (Å²) < 4.78 is 40.3. The highest BCUT2D eigenvalue weighted by Crippen LogP contribution is 2.39. The molecule has 3 aromatic heterocycles. The van der Waals surface area contributed by atoms with E-state index in [9.17, 15) is 18.3 Å². The van der Waals surface area contributed by atoms with E-state index in [1.54, 1.807) is 0 Å². The lowest BCUT2D eigenvalue weighted by Gasteiger charge is -2.25. The standard InChI is InChI=1S/C17H17Cl2F3N6O/c1-3-8(2)11(6-29)26-15-12(14(19)27-16-24-7-25-28(15)16)13-10(18)4-9(5-23-13)17(20,21)22/h4-5,7-8,11,26,29H,3,6H2,1-2H3/t8?,11-/m0/s1. The second kappa shape index (κ2) is 8.29. The fraction of sp³-hybridized carbons (Fsp3) is 0.412. The topological polar surface area (TPSA) is 88.2 Å². The Morgan fingerprint density at radius 3 is 2.59 bits per heavy atom. The van der Waals surface area contributed by atoms with Crippen LogP contribution in [0.1, 0.15) is 25.8 Å². The van der Waals surface area contributed by atoms with Gasteiger partial charge in [0.15, 0.2) is 0 Å². The molecule has 3 rings (SSSR count). The monoisotopic (exact) mass is 448 g/mol. The van der Waals surface area contributed by atoms with Gasteiger partial charge < -0.3 is 10.4 Å². The molecule has 0 aliphatic rings. The number of nitrogens with one attached hydrogen (secondary N) is 1. The zero-order valence-electron chi connectivity index (χ0n) is 15.4. The number of hydrogen-bond donors (Lipinski definition) is 2. The number of halogens is 5. The summed E-state index contributed by atoms with van der Waals surface area (Å²) in [6.07, 6.45) is -1.89. The van der Waals surface area contributed by atoms with Crippen molar-refractivity contribution >= 4 is 34.8 Å². The molecule has 0 amide bonds. The van der Waals surface area contributed by atoms with Crippen molar-refractivity contribution in [2.24, 2.45) is 5.92 Å². The molecule has 0 aliphatic heterocycles. The number of aliphatic hydroxyl groups is 1. The molecular formula is C17H17Cl2F3N6O. The van der Waals surface area contributed by atoms with Crippen LogP contribution in [0.15, 0.2) is 18.6 Å². The average Bonchev–Trinajstić information content (AvgIpc) is 3.13. The van der Waals surface area contributed by atoms with Crippen LogP contribution in [0.2, 0.25) is 10.2 Å². The SMILES string of the molecule is CCC(C)[C@H](CO)Nc1c(-c2ncc(C(F)(F)F)cc2Cl)c(Cl)nc2ncnn12. The normalized spacial score (nSPS) is 14.2. The van der Waals surface area contributed by atoms with Crippen LogP contribution in [0.5, 0.6) is 0 Å². The highest BCUT2D eigenvalue weighted by Gasteiger charge is 2.32. The lowest BCUT2D eigenvalue weighted by Crippen LogP contribution is -2.32. The van der Waals surface area contributed by atoms with E-state index in [2.05, 4.69) is 25.4 Å². The molecule has 3 aromatic rings. The van der Waals surface area contributed by atoms with Gasteiger partial charge in [-0.2, -0.15) is 32.8 Å². The number of aromatic nitrogens is 5. The third-order valence-electron chi connectivity index (χ3n) is 4.64. The summed E-state index contributed by atoms with van der Waals surface area (Å²) in [5, 5.41) is 16.7. The van der Waals surface area contributed by atoms with Crippen molar-refractivity contribution in [1.29, 1.82) is 0 Å². The fourth-order valence-electron chi connectivity index (χ4n) is 2.76. The predicted octanol–water partition coefficient (Wildman–Crippen LogP) is 4.33. The van der Waals surface area contributed by atoms with E-state index < -0.39 is 17.8 Å². The Balaban J connectivity index is 2.21. The molecule has 0 saturated heterocycles. The second-order valence-corrected chi connectivity index (χ2v) is 7.23. The average molecular weight is 449 g/mol. The van der Waals surface area contributed by atoms with Crippen molar-refractivity contribution in [1.82, 2.24) is 24.6 Å². The number of anilines is 1. The Labute approximate surface area is 173 Å². The molecule has 1 unspecified atom stereocenters. The molecule has 7 nitrogen and oxygen atoms in total. The van der Waals surface area contributed by atoms with Crippen LogP contribution < -0.4 is 5.32 Å². The molecule has 29 heavy (non-hydrogen) atoms. The molecule has 0 saturated carbocycles. The van der Waals surface area contributed by atoms with Crippen LogP contribution in [-0.4, -0.2) is 42.3 Å². The Morgan fingerprint density at radius 1 is 1.28 bits per heavy atom. The first-order chi connectivity index (χ1) is 13.7. The van der Waals surface area contributed by atoms with Crippen molar-refractivity contribution in [2.75, 3.05) is 11.9 Å². The van der Waals surface area contributed by atoms with Gasteiger partial charge in [0.1, 0.15) is 17.3 Å². The van der Waals surface area contributed by atoms with Crippen molar-refractivity contribution in [3.63, 3.8) is 0 Å². The van der Waals surface area contributed by atoms with Crippen molar-refractivity contribution in [3.8, 4) is 11.3 Å². The number of fused-ring (bicyclic) bond motifs is 1. The van der Waals surface area contributed by atoms with Gasteiger partial charge in [-0.3, -0.25) is 4.98 Å². The highest BCUT2D eigenvalue weighted by molar-refractivity contribution is 6.36. The van der Waals surface area contributed by atoms with Gasteiger partial charge in [0.2, 0.25) is 0 Å². The maximum atomic E-state index is 13.0. The fourth-order valence-corrected chi connectivity index (χ4v) is 3.28. The lowest BCUT2D eigenvalue weighted by molar-refractivity contribution is -0.137. The quantitative estimate of drug-likeness (QED) is 0.545. The first-order valence-electron chi connectivity index (χ1n) is 8.67. The smallest absolute Gasteiger partial charge is 0.394 e. The van der Waals surface area contributed by atoms with Gasteiger partial charge >= 0.3 is 6.18 Å². The van der Waals surface area contributed by atoms with Crippen molar-refractivity contribution in [2.45, 2.75) is 32.5 Å². The second-order valence-electron chi connectivity index (χ2n) is 6.47. The van der Waals surface area contributed by atoms with Crippen molar-refractivity contribution in [3.05, 3.63) is 34.3 Å². The Bertz CT molecular complexity index is 1030. The van der Waals surface area contributed by atoms with Crippen LogP contribution in [-0.2, 0) is 6.18 Å². The maximum Gasteiger partial charge on any atom is 0.417 e. The molecule has 0 spiro atoms. The summed E-state index contributed by atoms with van der Waals surface area (Å²) in [5.41, 5.74) is -0.831. The van der Waals surface area contributed by atoms with E-state index >= 15 is 0 Å². The third kappa shape index (κ3) is 4.24. The molecule has 0 aliphatic carbocycles. The van der Waals surface area contributed by atoms with Crippen LogP contribution >= 0.6 is 23.2 Å².